The summed E-state index contributed by atoms with van der Waals surface area (Å²) in [5, 5.41) is 9.29. The lowest BCUT2D eigenvalue weighted by molar-refractivity contribution is -0.158. The molecule has 0 saturated heterocycles. The Balaban J connectivity index is 4.12. The number of nitrogens with one attached hydrogen (secondary N) is 2. The summed E-state index contributed by atoms with van der Waals surface area (Å²) in [5.41, 5.74) is 4.93. The van der Waals surface area contributed by atoms with E-state index in [0.29, 0.717) is 12.8 Å². The summed E-state index contributed by atoms with van der Waals surface area (Å²) < 4.78 is 5.23. The van der Waals surface area contributed by atoms with Crippen LogP contribution in [0.5, 0.6) is 0 Å². The summed E-state index contributed by atoms with van der Waals surface area (Å²) >= 11 is 0. The van der Waals surface area contributed by atoms with Crippen LogP contribution in [0.3, 0.4) is 0 Å². The van der Waals surface area contributed by atoms with E-state index in [4.69, 9.17) is 4.74 Å². The number of rotatable bonds is 6. The lowest BCUT2D eigenvalue weighted by atomic mass is 10.2. The second kappa shape index (κ2) is 6.83. The van der Waals surface area contributed by atoms with Crippen molar-refractivity contribution in [3.05, 3.63) is 0 Å². The van der Waals surface area contributed by atoms with Gasteiger partial charge in [-0.05, 0) is 33.6 Å². The highest BCUT2D eigenvalue weighted by molar-refractivity contribution is 5.76. The predicted octanol–water partition coefficient (Wildman–Crippen LogP) is 0.929. The van der Waals surface area contributed by atoms with E-state index < -0.39 is 17.9 Å². The van der Waals surface area contributed by atoms with Crippen LogP contribution in [0.1, 0.15) is 47.5 Å². The first-order valence-electron chi connectivity index (χ1n) is 5.72. The summed E-state index contributed by atoms with van der Waals surface area (Å²) in [7, 11) is 0. The molecule has 5 heteroatoms. The van der Waals surface area contributed by atoms with Crippen LogP contribution in [0.4, 0.5) is 0 Å². The van der Waals surface area contributed by atoms with Crippen molar-refractivity contribution >= 4 is 5.97 Å². The molecule has 0 bridgehead atoms. The van der Waals surface area contributed by atoms with Gasteiger partial charge in [0.2, 0.25) is 0 Å². The van der Waals surface area contributed by atoms with Crippen LogP contribution in [-0.4, -0.2) is 28.9 Å². The Kier molecular flexibility index (Phi) is 6.55. The Bertz CT molecular complexity index is 214. The van der Waals surface area contributed by atoms with E-state index >= 15 is 0 Å². The lowest BCUT2D eigenvalue weighted by Gasteiger charge is -2.24. The number of carbonyl (C=O) groups is 1. The van der Waals surface area contributed by atoms with Gasteiger partial charge in [-0.15, -0.1) is 0 Å². The molecule has 0 aliphatic rings. The van der Waals surface area contributed by atoms with Gasteiger partial charge in [0.05, 0.1) is 0 Å². The molecule has 0 aromatic carbocycles. The molecule has 0 radical (unpaired) electrons. The lowest BCUT2D eigenvalue weighted by Crippen LogP contribution is -2.51. The molecule has 5 nitrogen and oxygen atoms in total. The molecular weight excluding hydrogens is 208 g/mol. The molecule has 0 heterocycles. The maximum atomic E-state index is 11.7. The van der Waals surface area contributed by atoms with Crippen LogP contribution >= 0.6 is 0 Å². The van der Waals surface area contributed by atoms with Crippen molar-refractivity contribution in [3.8, 4) is 0 Å². The second-order valence-electron chi connectivity index (χ2n) is 4.71. The fourth-order valence-corrected chi connectivity index (χ4v) is 0.999. The van der Waals surface area contributed by atoms with Crippen molar-refractivity contribution in [2.75, 3.05) is 0 Å². The minimum Gasteiger partial charge on any atom is -0.459 e. The molecule has 0 aliphatic carbocycles. The van der Waals surface area contributed by atoms with E-state index in [2.05, 4.69) is 10.9 Å². The number of esters is 1. The largest absolute Gasteiger partial charge is 0.459 e. The summed E-state index contributed by atoms with van der Waals surface area (Å²) in [6.45, 7) is 9.19. The molecule has 2 unspecified atom stereocenters. The Hall–Kier alpha value is -0.650. The molecule has 0 aromatic heterocycles. The highest BCUT2D eigenvalue weighted by Crippen LogP contribution is 2.09. The zero-order chi connectivity index (χ0) is 12.8. The molecule has 0 aliphatic heterocycles. The van der Waals surface area contributed by atoms with E-state index in [1.165, 1.54) is 0 Å². The second-order valence-corrected chi connectivity index (χ2v) is 4.71. The van der Waals surface area contributed by atoms with Crippen LogP contribution in [0.25, 0.3) is 0 Å². The number of aliphatic hydroxyl groups is 1. The van der Waals surface area contributed by atoms with Crippen molar-refractivity contribution in [1.29, 1.82) is 0 Å². The molecule has 0 rings (SSSR count). The third-order valence-electron chi connectivity index (χ3n) is 1.91. The average molecular weight is 232 g/mol. The molecule has 0 aromatic rings. The van der Waals surface area contributed by atoms with Gasteiger partial charge in [-0.1, -0.05) is 13.8 Å². The number of carbonyl (C=O) groups excluding carboxylic acids is 1. The Morgan fingerprint density at radius 3 is 2.19 bits per heavy atom. The SMILES string of the molecule is CCC(O)NNC(CC)C(=O)OC(C)(C)C. The number of hydrazine groups is 1. The van der Waals surface area contributed by atoms with Crippen LogP contribution in [0, 0.1) is 0 Å². The predicted molar refractivity (Wildman–Crippen MR) is 62.5 cm³/mol. The fraction of sp³-hybridized carbons (Fsp3) is 0.909. The quantitative estimate of drug-likeness (QED) is 0.361. The van der Waals surface area contributed by atoms with Gasteiger partial charge in [0.15, 0.2) is 0 Å². The summed E-state index contributed by atoms with van der Waals surface area (Å²) in [6.07, 6.45) is 0.507. The van der Waals surface area contributed by atoms with E-state index in [1.54, 1.807) is 0 Å². The third-order valence-corrected chi connectivity index (χ3v) is 1.91. The van der Waals surface area contributed by atoms with E-state index in [-0.39, 0.29) is 5.97 Å². The standard InChI is InChI=1S/C11H24N2O3/c1-6-8(12-13-9(14)7-2)10(15)16-11(3,4)5/h8-9,12-14H,6-7H2,1-5H3. The van der Waals surface area contributed by atoms with Gasteiger partial charge < -0.3 is 9.84 Å². The molecule has 0 spiro atoms. The number of hydrogen-bond donors (Lipinski definition) is 3. The van der Waals surface area contributed by atoms with Crippen LogP contribution in [0.15, 0.2) is 0 Å². The van der Waals surface area contributed by atoms with Crippen LogP contribution in [-0.2, 0) is 9.53 Å². The molecule has 3 N–H and O–H groups in total. The van der Waals surface area contributed by atoms with E-state index in [9.17, 15) is 9.90 Å². The van der Waals surface area contributed by atoms with Crippen molar-refractivity contribution in [1.82, 2.24) is 10.9 Å². The van der Waals surface area contributed by atoms with Crippen molar-refractivity contribution < 1.29 is 14.6 Å². The van der Waals surface area contributed by atoms with Gasteiger partial charge >= 0.3 is 5.97 Å². The van der Waals surface area contributed by atoms with Gasteiger partial charge in [-0.3, -0.25) is 4.79 Å². The first-order chi connectivity index (χ1) is 7.30. The highest BCUT2D eigenvalue weighted by atomic mass is 16.6. The van der Waals surface area contributed by atoms with Gasteiger partial charge in [-0.2, -0.15) is 0 Å². The zero-order valence-corrected chi connectivity index (χ0v) is 10.8. The molecule has 0 fully saturated rings. The van der Waals surface area contributed by atoms with Gasteiger partial charge in [-0.25, -0.2) is 10.9 Å². The average Bonchev–Trinajstić information content (AvgIpc) is 2.15. The number of aliphatic hydroxyl groups excluding tert-OH is 1. The van der Waals surface area contributed by atoms with Crippen LogP contribution in [0.2, 0.25) is 0 Å². The smallest absolute Gasteiger partial charge is 0.324 e. The highest BCUT2D eigenvalue weighted by Gasteiger charge is 2.23. The molecule has 96 valence electrons. The molecule has 16 heavy (non-hydrogen) atoms. The molecular formula is C11H24N2O3. The number of hydrogen-bond acceptors (Lipinski definition) is 5. The topological polar surface area (TPSA) is 70.6 Å². The minimum atomic E-state index is -0.656. The van der Waals surface area contributed by atoms with Crippen molar-refractivity contribution in [3.63, 3.8) is 0 Å². The maximum Gasteiger partial charge on any atom is 0.324 e. The summed E-state index contributed by atoms with van der Waals surface area (Å²) in [4.78, 5) is 11.7. The third kappa shape index (κ3) is 6.76. The maximum absolute atomic E-state index is 11.7. The Morgan fingerprint density at radius 2 is 1.81 bits per heavy atom. The van der Waals surface area contributed by atoms with Gasteiger partial charge in [0.25, 0.3) is 0 Å². The number of ether oxygens (including phenoxy) is 1. The molecule has 2 atom stereocenters. The summed E-state index contributed by atoms with van der Waals surface area (Å²) in [6, 6.07) is -0.444. The van der Waals surface area contributed by atoms with Crippen molar-refractivity contribution in [2.24, 2.45) is 0 Å². The first-order valence-corrected chi connectivity index (χ1v) is 5.72. The van der Waals surface area contributed by atoms with E-state index in [1.807, 2.05) is 34.6 Å². The first kappa shape index (κ1) is 15.3. The Morgan fingerprint density at radius 1 is 1.25 bits per heavy atom. The monoisotopic (exact) mass is 232 g/mol. The van der Waals surface area contributed by atoms with Gasteiger partial charge in [0, 0.05) is 0 Å². The van der Waals surface area contributed by atoms with E-state index in [0.717, 1.165) is 0 Å². The zero-order valence-electron chi connectivity index (χ0n) is 10.8. The molecule has 0 saturated carbocycles. The van der Waals surface area contributed by atoms with Crippen molar-refractivity contribution in [2.45, 2.75) is 65.3 Å². The Labute approximate surface area is 97.5 Å². The normalized spacial score (nSPS) is 15.6. The van der Waals surface area contributed by atoms with Gasteiger partial charge in [0.1, 0.15) is 17.9 Å². The van der Waals surface area contributed by atoms with Crippen LogP contribution < -0.4 is 10.9 Å². The fourth-order valence-electron chi connectivity index (χ4n) is 0.999. The molecule has 0 amide bonds. The minimum absolute atomic E-state index is 0.314. The summed E-state index contributed by atoms with van der Waals surface area (Å²) in [5.74, 6) is -0.314.